The highest BCUT2D eigenvalue weighted by molar-refractivity contribution is 5.82. The van der Waals surface area contributed by atoms with Gasteiger partial charge in [-0.25, -0.2) is 4.98 Å². The third-order valence-corrected chi connectivity index (χ3v) is 5.75. The fourth-order valence-electron chi connectivity index (χ4n) is 3.79. The summed E-state index contributed by atoms with van der Waals surface area (Å²) in [6.45, 7) is 8.24. The Balaban J connectivity index is 1.89. The molecule has 1 saturated carbocycles. The van der Waals surface area contributed by atoms with Gasteiger partial charge in [0.1, 0.15) is 5.82 Å². The number of carbonyl (C=O) groups is 1. The van der Waals surface area contributed by atoms with Crippen LogP contribution in [0.1, 0.15) is 52.0 Å². The van der Waals surface area contributed by atoms with Gasteiger partial charge in [-0.1, -0.05) is 12.8 Å². The molecule has 2 heterocycles. The monoisotopic (exact) mass is 362 g/mol. The van der Waals surface area contributed by atoms with Crippen molar-refractivity contribution in [3.05, 3.63) is 11.8 Å². The smallest absolute Gasteiger partial charge is 0.313 e. The van der Waals surface area contributed by atoms with Crippen molar-refractivity contribution in [2.45, 2.75) is 57.9 Å². The van der Waals surface area contributed by atoms with E-state index in [9.17, 15) is 9.90 Å². The molecule has 0 bridgehead atoms. The number of anilines is 2. The van der Waals surface area contributed by atoms with Crippen molar-refractivity contribution >= 4 is 17.7 Å². The van der Waals surface area contributed by atoms with Crippen molar-refractivity contribution in [1.29, 1.82) is 0 Å². The minimum absolute atomic E-state index is 0.313. The van der Waals surface area contributed by atoms with E-state index in [2.05, 4.69) is 22.1 Å². The first kappa shape index (κ1) is 18.9. The quantitative estimate of drug-likeness (QED) is 0.804. The van der Waals surface area contributed by atoms with Crippen LogP contribution in [0.5, 0.6) is 0 Å². The Hall–Kier alpha value is -1.89. The Morgan fingerprint density at radius 1 is 1.35 bits per heavy atom. The number of carboxylic acid groups (broad SMARTS) is 1. The molecule has 1 aromatic heterocycles. The number of aromatic nitrogens is 2. The van der Waals surface area contributed by atoms with Gasteiger partial charge in [-0.15, -0.1) is 0 Å². The zero-order chi connectivity index (χ0) is 18.7. The molecule has 7 nitrogen and oxygen atoms in total. The summed E-state index contributed by atoms with van der Waals surface area (Å²) >= 11 is 0. The number of nitrogens with zero attached hydrogens (tertiary/aromatic N) is 3. The summed E-state index contributed by atoms with van der Waals surface area (Å²) in [4.78, 5) is 23.1. The van der Waals surface area contributed by atoms with Crippen LogP contribution in [0.3, 0.4) is 0 Å². The molecule has 0 unspecified atom stereocenters. The molecular weight excluding hydrogens is 332 g/mol. The van der Waals surface area contributed by atoms with E-state index < -0.39 is 11.4 Å². The topological polar surface area (TPSA) is 87.6 Å². The van der Waals surface area contributed by atoms with Crippen molar-refractivity contribution in [3.63, 3.8) is 0 Å². The Kier molecular flexibility index (Phi) is 5.65. The maximum Gasteiger partial charge on any atom is 0.313 e. The molecule has 0 amide bonds. The summed E-state index contributed by atoms with van der Waals surface area (Å²) in [6, 6.07) is 0.313. The molecular formula is C19H30N4O3. The summed E-state index contributed by atoms with van der Waals surface area (Å²) in [5.41, 5.74) is -0.408. The zero-order valence-electron chi connectivity index (χ0n) is 16.0. The molecule has 1 aromatic rings. The molecule has 1 aliphatic heterocycles. The number of morpholine rings is 1. The maximum absolute atomic E-state index is 11.8. The van der Waals surface area contributed by atoms with E-state index in [0.29, 0.717) is 55.6 Å². The molecule has 2 N–H and O–H groups in total. The van der Waals surface area contributed by atoms with E-state index >= 15 is 0 Å². The van der Waals surface area contributed by atoms with Crippen LogP contribution in [-0.2, 0) is 14.9 Å². The summed E-state index contributed by atoms with van der Waals surface area (Å²) in [5.74, 6) is 1.06. The molecule has 7 heteroatoms. The van der Waals surface area contributed by atoms with Gasteiger partial charge in [0.25, 0.3) is 0 Å². The Bertz CT molecular complexity index is 638. The predicted octanol–water partition coefficient (Wildman–Crippen LogP) is 2.67. The SMILES string of the molecule is C[C@H](Nc1ncc(C(C)(C)C(=O)O)c(N2CCOCC2)n1)C1CCCC1. The van der Waals surface area contributed by atoms with Gasteiger partial charge in [0, 0.05) is 30.9 Å². The summed E-state index contributed by atoms with van der Waals surface area (Å²) in [6.07, 6.45) is 6.75. The van der Waals surface area contributed by atoms with Gasteiger partial charge in [0.05, 0.1) is 18.6 Å². The lowest BCUT2D eigenvalue weighted by Gasteiger charge is -2.33. The van der Waals surface area contributed by atoms with Crippen molar-refractivity contribution in [1.82, 2.24) is 9.97 Å². The van der Waals surface area contributed by atoms with Gasteiger partial charge >= 0.3 is 5.97 Å². The van der Waals surface area contributed by atoms with E-state index in [1.807, 2.05) is 0 Å². The maximum atomic E-state index is 11.8. The van der Waals surface area contributed by atoms with Crippen LogP contribution in [0.4, 0.5) is 11.8 Å². The first-order valence-electron chi connectivity index (χ1n) is 9.59. The minimum atomic E-state index is -1.05. The lowest BCUT2D eigenvalue weighted by Crippen LogP contribution is -2.40. The number of aliphatic carboxylic acids is 1. The Morgan fingerprint density at radius 3 is 2.62 bits per heavy atom. The summed E-state index contributed by atoms with van der Waals surface area (Å²) < 4.78 is 5.44. The third-order valence-electron chi connectivity index (χ3n) is 5.75. The molecule has 0 aromatic carbocycles. The number of carboxylic acids is 1. The van der Waals surface area contributed by atoms with Gasteiger partial charge in [-0.3, -0.25) is 4.79 Å². The van der Waals surface area contributed by atoms with Gasteiger partial charge in [-0.2, -0.15) is 4.98 Å². The average Bonchev–Trinajstić information content (AvgIpc) is 3.17. The van der Waals surface area contributed by atoms with E-state index in [-0.39, 0.29) is 0 Å². The predicted molar refractivity (Wildman–Crippen MR) is 101 cm³/mol. The van der Waals surface area contributed by atoms with Gasteiger partial charge in [0.2, 0.25) is 5.95 Å². The Morgan fingerprint density at radius 2 is 2.00 bits per heavy atom. The lowest BCUT2D eigenvalue weighted by atomic mass is 9.85. The van der Waals surface area contributed by atoms with Crippen LogP contribution in [0.2, 0.25) is 0 Å². The van der Waals surface area contributed by atoms with Crippen molar-refractivity contribution < 1.29 is 14.6 Å². The number of ether oxygens (including phenoxy) is 1. The largest absolute Gasteiger partial charge is 0.481 e. The van der Waals surface area contributed by atoms with Crippen LogP contribution < -0.4 is 10.2 Å². The number of rotatable bonds is 6. The van der Waals surface area contributed by atoms with Gasteiger partial charge in [-0.05, 0) is 39.5 Å². The minimum Gasteiger partial charge on any atom is -0.481 e. The zero-order valence-corrected chi connectivity index (χ0v) is 16.0. The second-order valence-electron chi connectivity index (χ2n) is 7.94. The molecule has 2 aliphatic rings. The molecule has 1 saturated heterocycles. The second kappa shape index (κ2) is 7.78. The molecule has 1 atom stereocenters. The highest BCUT2D eigenvalue weighted by Crippen LogP contribution is 2.33. The van der Waals surface area contributed by atoms with E-state index in [0.717, 1.165) is 0 Å². The van der Waals surface area contributed by atoms with Crippen LogP contribution in [-0.4, -0.2) is 53.4 Å². The number of nitrogens with one attached hydrogen (secondary N) is 1. The molecule has 0 spiro atoms. The summed E-state index contributed by atoms with van der Waals surface area (Å²) in [7, 11) is 0. The third kappa shape index (κ3) is 3.92. The standard InChI is InChI=1S/C19H30N4O3/c1-13(14-6-4-5-7-14)21-18-20-12-15(19(2,3)17(24)25)16(22-18)23-8-10-26-11-9-23/h12-14H,4-11H2,1-3H3,(H,24,25)(H,20,21,22)/t13-/m0/s1. The van der Waals surface area contributed by atoms with Crippen molar-refractivity contribution in [3.8, 4) is 0 Å². The van der Waals surface area contributed by atoms with E-state index in [1.54, 1.807) is 20.0 Å². The van der Waals surface area contributed by atoms with Crippen LogP contribution in [0, 0.1) is 5.92 Å². The molecule has 3 rings (SSSR count). The van der Waals surface area contributed by atoms with Crippen LogP contribution in [0.15, 0.2) is 6.20 Å². The van der Waals surface area contributed by atoms with Gasteiger partial charge in [0.15, 0.2) is 0 Å². The van der Waals surface area contributed by atoms with Crippen LogP contribution in [0.25, 0.3) is 0 Å². The highest BCUT2D eigenvalue weighted by atomic mass is 16.5. The molecule has 0 radical (unpaired) electrons. The van der Waals surface area contributed by atoms with Crippen LogP contribution >= 0.6 is 0 Å². The molecule has 2 fully saturated rings. The average molecular weight is 362 g/mol. The second-order valence-corrected chi connectivity index (χ2v) is 7.94. The number of hydrogen-bond donors (Lipinski definition) is 2. The first-order valence-corrected chi connectivity index (χ1v) is 9.59. The summed E-state index contributed by atoms with van der Waals surface area (Å²) in [5, 5.41) is 13.1. The van der Waals surface area contributed by atoms with Gasteiger partial charge < -0.3 is 20.1 Å². The van der Waals surface area contributed by atoms with Crippen molar-refractivity contribution in [2.75, 3.05) is 36.5 Å². The van der Waals surface area contributed by atoms with E-state index in [1.165, 1.54) is 25.7 Å². The molecule has 144 valence electrons. The molecule has 1 aliphatic carbocycles. The molecule has 26 heavy (non-hydrogen) atoms. The fraction of sp³-hybridized carbons (Fsp3) is 0.737. The van der Waals surface area contributed by atoms with Crippen molar-refractivity contribution in [2.24, 2.45) is 5.92 Å². The fourth-order valence-corrected chi connectivity index (χ4v) is 3.79. The van der Waals surface area contributed by atoms with E-state index in [4.69, 9.17) is 9.72 Å². The first-order chi connectivity index (χ1) is 12.4. The normalized spacial score (nSPS) is 20.2. The Labute approximate surface area is 155 Å². The lowest BCUT2D eigenvalue weighted by molar-refractivity contribution is -0.142. The highest BCUT2D eigenvalue weighted by Gasteiger charge is 2.35. The number of hydrogen-bond acceptors (Lipinski definition) is 6.